The second-order valence-corrected chi connectivity index (χ2v) is 14.9. The van der Waals surface area contributed by atoms with Gasteiger partial charge >= 0.3 is 0 Å². The molecule has 0 saturated carbocycles. The summed E-state index contributed by atoms with van der Waals surface area (Å²) in [5.74, 6) is -0.663. The van der Waals surface area contributed by atoms with Gasteiger partial charge in [-0.25, -0.2) is 23.1 Å². The molecular weight excluding hydrogens is 816 g/mol. The molecule has 10 rings (SSSR count). The molecule has 0 unspecified atom stereocenters. The van der Waals surface area contributed by atoms with Gasteiger partial charge in [0, 0.05) is 43.0 Å². The van der Waals surface area contributed by atoms with E-state index in [1.807, 2.05) is 19.2 Å². The van der Waals surface area contributed by atoms with E-state index in [0.717, 1.165) is 53.5 Å². The average molecular weight is 854 g/mol. The first-order chi connectivity index (χ1) is 30.6. The van der Waals surface area contributed by atoms with Crippen molar-refractivity contribution in [3.8, 4) is 5.95 Å². The number of carbonyl (C=O) groups is 2. The molecule has 19 heteroatoms. The SMILES string of the molecule is CN1CCCc2nc(-n3ncc4c(C(N)=O)cccc43)nc(NCc3cccc(F)c3)c21.O=C(Nc1nc2c(c(NCc3cccc(F)c3)n1)COC2)c1cc(F)cc2[nH]ncc12. The fourth-order valence-electron chi connectivity index (χ4n) is 7.59. The summed E-state index contributed by atoms with van der Waals surface area (Å²) in [6.45, 7) is 2.25. The van der Waals surface area contributed by atoms with Crippen molar-refractivity contribution in [1.29, 1.82) is 0 Å². The summed E-state index contributed by atoms with van der Waals surface area (Å²) >= 11 is 0. The van der Waals surface area contributed by atoms with Crippen LogP contribution in [0.1, 0.15) is 55.2 Å². The van der Waals surface area contributed by atoms with Gasteiger partial charge in [-0.3, -0.25) is 20.0 Å². The van der Waals surface area contributed by atoms with E-state index in [0.29, 0.717) is 70.3 Å². The van der Waals surface area contributed by atoms with Crippen molar-refractivity contribution in [3.63, 3.8) is 0 Å². The molecule has 2 aliphatic rings. The summed E-state index contributed by atoms with van der Waals surface area (Å²) in [4.78, 5) is 45.0. The van der Waals surface area contributed by atoms with Crippen LogP contribution in [0.2, 0.25) is 0 Å². The number of nitrogens with one attached hydrogen (secondary N) is 4. The normalized spacial score (nSPS) is 13.0. The molecule has 4 aromatic heterocycles. The van der Waals surface area contributed by atoms with Gasteiger partial charge in [0.1, 0.15) is 29.0 Å². The maximum absolute atomic E-state index is 13.9. The van der Waals surface area contributed by atoms with Gasteiger partial charge in [0.2, 0.25) is 11.9 Å². The lowest BCUT2D eigenvalue weighted by Gasteiger charge is -2.29. The number of aromatic nitrogens is 8. The quantitative estimate of drug-likeness (QED) is 0.0990. The van der Waals surface area contributed by atoms with Gasteiger partial charge in [-0.15, -0.1) is 0 Å². The number of ether oxygens (including phenoxy) is 1. The molecule has 0 saturated heterocycles. The Balaban J connectivity index is 0.000000160. The van der Waals surface area contributed by atoms with E-state index in [2.05, 4.69) is 46.1 Å². The maximum atomic E-state index is 13.9. The molecular formula is C44H38F3N13O3. The van der Waals surface area contributed by atoms with Crippen LogP contribution in [0, 0.1) is 17.5 Å². The minimum atomic E-state index is -0.569. The summed E-state index contributed by atoms with van der Waals surface area (Å²) in [5.41, 5.74) is 11.9. The smallest absolute Gasteiger partial charge is 0.258 e. The lowest BCUT2D eigenvalue weighted by molar-refractivity contribution is 0.0999. The molecule has 318 valence electrons. The Morgan fingerprint density at radius 3 is 2.29 bits per heavy atom. The standard InChI is InChI=1S/C23H22FN7O.C21H16F2N6O2/c1-30-10-4-8-18-20(30)22(26-12-14-5-2-6-15(24)11-14)29-23(28-18)31-19-9-3-7-16(21(25)32)17(19)13-27-31;22-12-3-1-2-11(4-12)7-24-19-16-9-31-10-18(16)26-21(27-19)28-20(30)14-5-13(23)6-17-15(14)8-25-29-17/h2-3,5-7,9,11,13H,4,8,10,12H2,1H3,(H2,25,32)(H,26,28,29);1-6,8H,7,9-10H2,(H,25,29)(H2,24,26,27,28,30). The molecule has 63 heavy (non-hydrogen) atoms. The van der Waals surface area contributed by atoms with E-state index in [1.165, 1.54) is 36.5 Å². The van der Waals surface area contributed by atoms with Crippen LogP contribution in [0.5, 0.6) is 0 Å². The van der Waals surface area contributed by atoms with Crippen LogP contribution in [-0.2, 0) is 37.5 Å². The predicted molar refractivity (Wildman–Crippen MR) is 229 cm³/mol. The summed E-state index contributed by atoms with van der Waals surface area (Å²) in [6, 6.07) is 20.4. The Hall–Kier alpha value is -7.93. The van der Waals surface area contributed by atoms with E-state index in [4.69, 9.17) is 20.4 Å². The molecule has 16 nitrogen and oxygen atoms in total. The van der Waals surface area contributed by atoms with E-state index >= 15 is 0 Å². The molecule has 0 bridgehead atoms. The number of primary amides is 1. The molecule has 0 fully saturated rings. The van der Waals surface area contributed by atoms with Crippen LogP contribution in [-0.4, -0.2) is 65.3 Å². The van der Waals surface area contributed by atoms with Gasteiger partial charge in [-0.2, -0.15) is 24.8 Å². The lowest BCUT2D eigenvalue weighted by atomic mass is 10.1. The minimum absolute atomic E-state index is 0.0527. The number of benzene rings is 4. The van der Waals surface area contributed by atoms with Crippen LogP contribution in [0.15, 0.2) is 91.3 Å². The van der Waals surface area contributed by atoms with Gasteiger partial charge in [0.05, 0.1) is 59.2 Å². The van der Waals surface area contributed by atoms with Crippen molar-refractivity contribution >= 4 is 56.9 Å². The van der Waals surface area contributed by atoms with E-state index in [1.54, 1.807) is 41.2 Å². The van der Waals surface area contributed by atoms with Crippen LogP contribution >= 0.6 is 0 Å². The first kappa shape index (κ1) is 40.5. The highest BCUT2D eigenvalue weighted by atomic mass is 19.1. The van der Waals surface area contributed by atoms with Crippen molar-refractivity contribution in [1.82, 2.24) is 39.9 Å². The Labute approximate surface area is 356 Å². The first-order valence-electron chi connectivity index (χ1n) is 19.8. The zero-order valence-corrected chi connectivity index (χ0v) is 33.6. The molecule has 6 N–H and O–H groups in total. The second-order valence-electron chi connectivity index (χ2n) is 14.9. The molecule has 4 aromatic carbocycles. The molecule has 0 atom stereocenters. The van der Waals surface area contributed by atoms with E-state index in [9.17, 15) is 22.8 Å². The van der Waals surface area contributed by atoms with Crippen LogP contribution < -0.4 is 26.6 Å². The Morgan fingerprint density at radius 2 is 1.54 bits per heavy atom. The number of rotatable bonds is 10. The zero-order valence-electron chi connectivity index (χ0n) is 33.6. The number of nitrogens with zero attached hydrogens (tertiary/aromatic N) is 8. The number of aryl methyl sites for hydroxylation is 1. The summed E-state index contributed by atoms with van der Waals surface area (Å²) < 4.78 is 48.0. The topological polar surface area (TPSA) is 207 Å². The average Bonchev–Trinajstić information content (AvgIpc) is 4.05. The number of amides is 2. The summed E-state index contributed by atoms with van der Waals surface area (Å²) in [5, 5.41) is 21.2. The van der Waals surface area contributed by atoms with Gasteiger partial charge in [0.15, 0.2) is 5.82 Å². The molecule has 0 spiro atoms. The van der Waals surface area contributed by atoms with E-state index in [-0.39, 0.29) is 29.8 Å². The summed E-state index contributed by atoms with van der Waals surface area (Å²) in [6.07, 6.45) is 4.85. The number of hydrogen-bond donors (Lipinski definition) is 5. The van der Waals surface area contributed by atoms with Crippen molar-refractivity contribution in [2.24, 2.45) is 5.73 Å². The highest BCUT2D eigenvalue weighted by Gasteiger charge is 2.25. The van der Waals surface area contributed by atoms with Gasteiger partial charge in [-0.05, 0) is 72.5 Å². The Morgan fingerprint density at radius 1 is 0.794 bits per heavy atom. The van der Waals surface area contributed by atoms with Crippen molar-refractivity contribution in [2.45, 2.75) is 39.1 Å². The highest BCUT2D eigenvalue weighted by molar-refractivity contribution is 6.12. The fraction of sp³-hybridized carbons (Fsp3) is 0.182. The number of aromatic amines is 1. The highest BCUT2D eigenvalue weighted by Crippen LogP contribution is 2.33. The maximum Gasteiger partial charge on any atom is 0.258 e. The third-order valence-electron chi connectivity index (χ3n) is 10.6. The molecule has 0 radical (unpaired) electrons. The molecule has 2 amide bonds. The monoisotopic (exact) mass is 853 g/mol. The summed E-state index contributed by atoms with van der Waals surface area (Å²) in [7, 11) is 2.01. The number of H-pyrrole nitrogens is 1. The second kappa shape index (κ2) is 17.2. The molecule has 2 aliphatic heterocycles. The largest absolute Gasteiger partial charge is 0.370 e. The Bertz CT molecular complexity index is 3050. The number of hydrogen-bond acceptors (Lipinski definition) is 12. The van der Waals surface area contributed by atoms with Crippen LogP contribution in [0.25, 0.3) is 27.8 Å². The number of fused-ring (bicyclic) bond motifs is 4. The van der Waals surface area contributed by atoms with Crippen LogP contribution in [0.3, 0.4) is 0 Å². The number of anilines is 4. The third-order valence-corrected chi connectivity index (χ3v) is 10.6. The minimum Gasteiger partial charge on any atom is -0.370 e. The molecule has 6 heterocycles. The number of halogens is 3. The predicted octanol–water partition coefficient (Wildman–Crippen LogP) is 6.57. The van der Waals surface area contributed by atoms with Gasteiger partial charge in [-0.1, -0.05) is 30.3 Å². The van der Waals surface area contributed by atoms with Crippen molar-refractivity contribution in [3.05, 3.63) is 148 Å². The molecule has 0 aliphatic carbocycles. The van der Waals surface area contributed by atoms with Gasteiger partial charge in [0.25, 0.3) is 11.9 Å². The first-order valence-corrected chi connectivity index (χ1v) is 19.8. The van der Waals surface area contributed by atoms with Gasteiger partial charge < -0.3 is 26.0 Å². The lowest BCUT2D eigenvalue weighted by Crippen LogP contribution is -2.28. The third kappa shape index (κ3) is 8.53. The van der Waals surface area contributed by atoms with Crippen molar-refractivity contribution in [2.75, 3.05) is 34.4 Å². The number of carbonyl (C=O) groups excluding carboxylic acids is 2. The zero-order chi connectivity index (χ0) is 43.6. The van der Waals surface area contributed by atoms with Crippen molar-refractivity contribution < 1.29 is 27.5 Å². The molecule has 8 aromatic rings. The Kier molecular flexibility index (Phi) is 11.1. The van der Waals surface area contributed by atoms with E-state index < -0.39 is 17.6 Å². The number of nitrogens with two attached hydrogens (primary N) is 1. The van der Waals surface area contributed by atoms with Crippen LogP contribution in [0.4, 0.5) is 36.4 Å². The fourth-order valence-corrected chi connectivity index (χ4v) is 7.59.